The Bertz CT molecular complexity index is 1440. The Morgan fingerprint density at radius 2 is 1.77 bits per heavy atom. The first-order valence-corrected chi connectivity index (χ1v) is 12.2. The van der Waals surface area contributed by atoms with Crippen LogP contribution in [0.2, 0.25) is 5.02 Å². The molecule has 1 aromatic heterocycles. The summed E-state index contributed by atoms with van der Waals surface area (Å²) in [6, 6.07) is 24.4. The Kier molecular flexibility index (Phi) is 6.31. The molecule has 0 saturated carbocycles. The smallest absolute Gasteiger partial charge is 0.263 e. The number of rotatable bonds is 6. The third-order valence-electron chi connectivity index (χ3n) is 6.62. The Morgan fingerprint density at radius 1 is 1.03 bits per heavy atom. The molecule has 3 aromatic carbocycles. The molecule has 0 spiro atoms. The first-order valence-electron chi connectivity index (χ1n) is 11.8. The van der Waals surface area contributed by atoms with Gasteiger partial charge in [-0.3, -0.25) is 4.57 Å². The molecule has 0 bridgehead atoms. The number of anilines is 1. The fourth-order valence-electron chi connectivity index (χ4n) is 4.68. The summed E-state index contributed by atoms with van der Waals surface area (Å²) < 4.78 is 3.09. The van der Waals surface area contributed by atoms with Crippen molar-refractivity contribution in [3.05, 3.63) is 116 Å². The zero-order chi connectivity index (χ0) is 24.5. The molecule has 6 nitrogen and oxygen atoms in total. The fourth-order valence-corrected chi connectivity index (χ4v) is 4.81. The van der Waals surface area contributed by atoms with Crippen molar-refractivity contribution in [1.82, 2.24) is 14.3 Å². The van der Waals surface area contributed by atoms with E-state index in [4.69, 9.17) is 21.8 Å². The van der Waals surface area contributed by atoms with E-state index in [1.807, 2.05) is 47.5 Å². The molecule has 1 aliphatic rings. The van der Waals surface area contributed by atoms with Crippen molar-refractivity contribution < 1.29 is 0 Å². The zero-order valence-corrected chi connectivity index (χ0v) is 20.9. The van der Waals surface area contributed by atoms with Crippen molar-refractivity contribution in [3.63, 3.8) is 0 Å². The molecule has 0 saturated heterocycles. The molecule has 0 amide bonds. The van der Waals surface area contributed by atoms with Crippen molar-refractivity contribution in [1.29, 1.82) is 0 Å². The van der Waals surface area contributed by atoms with Gasteiger partial charge in [-0.05, 0) is 53.3 Å². The van der Waals surface area contributed by atoms with Gasteiger partial charge in [0.2, 0.25) is 5.95 Å². The van der Waals surface area contributed by atoms with Crippen molar-refractivity contribution in [2.24, 2.45) is 12.1 Å². The summed E-state index contributed by atoms with van der Waals surface area (Å²) in [5.41, 5.74) is 6.54. The van der Waals surface area contributed by atoms with Gasteiger partial charge in [-0.1, -0.05) is 79.2 Å². The summed E-state index contributed by atoms with van der Waals surface area (Å²) >= 11 is 6.13. The van der Waals surface area contributed by atoms with Crippen LogP contribution >= 0.6 is 11.6 Å². The average molecular weight is 486 g/mol. The number of halogens is 1. The third kappa shape index (κ3) is 4.54. The largest absolute Gasteiger partial charge is 0.347 e. The maximum Gasteiger partial charge on any atom is 0.347 e. The molecule has 0 aliphatic carbocycles. The van der Waals surface area contributed by atoms with Gasteiger partial charge in [-0.25, -0.2) is 14.5 Å². The fraction of sp³-hybridized carbons (Fsp3) is 0.250. The van der Waals surface area contributed by atoms with E-state index >= 15 is 0 Å². The van der Waals surface area contributed by atoms with Crippen LogP contribution in [0.1, 0.15) is 40.7 Å². The number of hydrogen-bond acceptors (Lipinski definition) is 4. The van der Waals surface area contributed by atoms with Crippen LogP contribution in [-0.2, 0) is 20.0 Å². The number of nitrogens with zero attached hydrogens (tertiary/aromatic N) is 5. The van der Waals surface area contributed by atoms with E-state index in [9.17, 15) is 4.79 Å². The van der Waals surface area contributed by atoms with E-state index in [2.05, 4.69) is 44.2 Å². The van der Waals surface area contributed by atoms with Crippen LogP contribution in [0.3, 0.4) is 0 Å². The van der Waals surface area contributed by atoms with Crippen molar-refractivity contribution in [2.75, 3.05) is 11.6 Å². The van der Waals surface area contributed by atoms with Gasteiger partial charge in [-0.2, -0.15) is 5.10 Å². The third-order valence-corrected chi connectivity index (χ3v) is 6.88. The lowest BCUT2D eigenvalue weighted by Crippen LogP contribution is -2.25. The number of hydrazone groups is 1. The molecule has 5 rings (SSSR count). The van der Waals surface area contributed by atoms with Crippen LogP contribution in [-0.4, -0.2) is 26.6 Å². The van der Waals surface area contributed by atoms with Gasteiger partial charge < -0.3 is 0 Å². The second-order valence-corrected chi connectivity index (χ2v) is 9.39. The predicted octanol–water partition coefficient (Wildman–Crippen LogP) is 5.16. The van der Waals surface area contributed by atoms with Gasteiger partial charge in [0.25, 0.3) is 0 Å². The lowest BCUT2D eigenvalue weighted by atomic mass is 9.91. The lowest BCUT2D eigenvalue weighted by Gasteiger charge is -2.15. The van der Waals surface area contributed by atoms with Gasteiger partial charge in [0.05, 0.1) is 18.8 Å². The average Bonchev–Trinajstić information content (AvgIpc) is 3.42. The van der Waals surface area contributed by atoms with Crippen LogP contribution in [0.5, 0.6) is 0 Å². The number of aromatic nitrogens is 3. The molecule has 1 aliphatic heterocycles. The van der Waals surface area contributed by atoms with E-state index in [0.717, 1.165) is 23.3 Å². The van der Waals surface area contributed by atoms with Crippen LogP contribution in [0, 0.1) is 6.92 Å². The summed E-state index contributed by atoms with van der Waals surface area (Å²) in [6.45, 7) is 5.27. The number of benzene rings is 3. The normalized spacial score (nSPS) is 15.5. The summed E-state index contributed by atoms with van der Waals surface area (Å²) in [5.74, 6) is 0.573. The number of hydrogen-bond donors (Lipinski definition) is 0. The summed E-state index contributed by atoms with van der Waals surface area (Å²) in [5, 5.41) is 12.2. The summed E-state index contributed by atoms with van der Waals surface area (Å²) in [6.07, 6.45) is 0.991. The van der Waals surface area contributed by atoms with Gasteiger partial charge in [0, 0.05) is 18.0 Å². The molecule has 178 valence electrons. The molecule has 0 fully saturated rings. The second-order valence-electron chi connectivity index (χ2n) is 8.95. The minimum absolute atomic E-state index is 0.0434. The van der Waals surface area contributed by atoms with E-state index in [1.54, 1.807) is 11.6 Å². The lowest BCUT2D eigenvalue weighted by molar-refractivity contribution is 0.645. The molecule has 0 radical (unpaired) electrons. The molecule has 1 atom stereocenters. The Balaban J connectivity index is 1.50. The van der Waals surface area contributed by atoms with Gasteiger partial charge in [0.1, 0.15) is 0 Å². The number of aryl methyl sites for hydroxylation is 2. The molecular weight excluding hydrogens is 458 g/mol. The SMILES string of the molecule is CCc1ccc(Cn2nc(N3CC(c4ccccc4)C(c4ccc(Cl)cc4)=N3)n(C)c2=O)cc1C. The van der Waals surface area contributed by atoms with Crippen LogP contribution in [0.25, 0.3) is 0 Å². The second kappa shape index (κ2) is 9.55. The summed E-state index contributed by atoms with van der Waals surface area (Å²) in [7, 11) is 1.75. The monoisotopic (exact) mass is 485 g/mol. The summed E-state index contributed by atoms with van der Waals surface area (Å²) in [4.78, 5) is 13.1. The molecule has 1 unspecified atom stereocenters. The van der Waals surface area contributed by atoms with Gasteiger partial charge >= 0.3 is 5.69 Å². The molecule has 4 aromatic rings. The highest BCUT2D eigenvalue weighted by Crippen LogP contribution is 2.31. The molecule has 0 N–H and O–H groups in total. The van der Waals surface area contributed by atoms with E-state index in [-0.39, 0.29) is 11.6 Å². The first kappa shape index (κ1) is 23.1. The minimum Gasteiger partial charge on any atom is -0.263 e. The Morgan fingerprint density at radius 3 is 2.46 bits per heavy atom. The van der Waals surface area contributed by atoms with Crippen molar-refractivity contribution in [2.45, 2.75) is 32.7 Å². The first-order chi connectivity index (χ1) is 16.9. The van der Waals surface area contributed by atoms with Crippen molar-refractivity contribution >= 4 is 23.3 Å². The molecule has 35 heavy (non-hydrogen) atoms. The standard InChI is InChI=1S/C28H28ClN5O/c1-4-21-11-10-20(16-19(21)2)17-34-28(35)32(3)27(31-34)33-18-25(22-8-6-5-7-9-22)26(30-33)23-12-14-24(29)15-13-23/h5-16,25H,4,17-18H2,1-3H3. The Hall–Kier alpha value is -3.64. The topological polar surface area (TPSA) is 55.4 Å². The molecule has 2 heterocycles. The van der Waals surface area contributed by atoms with E-state index in [1.165, 1.54) is 21.4 Å². The van der Waals surface area contributed by atoms with E-state index in [0.29, 0.717) is 24.1 Å². The highest BCUT2D eigenvalue weighted by molar-refractivity contribution is 6.30. The maximum absolute atomic E-state index is 13.1. The van der Waals surface area contributed by atoms with Crippen LogP contribution in [0.4, 0.5) is 5.95 Å². The predicted molar refractivity (Wildman–Crippen MR) is 142 cm³/mol. The zero-order valence-electron chi connectivity index (χ0n) is 20.1. The molecule has 7 heteroatoms. The van der Waals surface area contributed by atoms with Gasteiger partial charge in [-0.15, -0.1) is 5.10 Å². The maximum atomic E-state index is 13.1. The van der Waals surface area contributed by atoms with Gasteiger partial charge in [0.15, 0.2) is 0 Å². The van der Waals surface area contributed by atoms with Crippen molar-refractivity contribution in [3.8, 4) is 0 Å². The van der Waals surface area contributed by atoms with Crippen LogP contribution < -0.4 is 10.7 Å². The quantitative estimate of drug-likeness (QED) is 0.379. The molecular formula is C28H28ClN5O. The van der Waals surface area contributed by atoms with Crippen LogP contribution in [0.15, 0.2) is 82.7 Å². The minimum atomic E-state index is -0.163. The Labute approximate surface area is 210 Å². The highest BCUT2D eigenvalue weighted by Gasteiger charge is 2.32. The van der Waals surface area contributed by atoms with E-state index < -0.39 is 0 Å². The highest BCUT2D eigenvalue weighted by atomic mass is 35.5.